The van der Waals surface area contributed by atoms with Crippen molar-refractivity contribution >= 4 is 9.84 Å². The summed E-state index contributed by atoms with van der Waals surface area (Å²) in [5.74, 6) is 0.624. The van der Waals surface area contributed by atoms with Crippen LogP contribution in [0.25, 0.3) is 0 Å². The zero-order valence-electron chi connectivity index (χ0n) is 13.1. The van der Waals surface area contributed by atoms with E-state index in [4.69, 9.17) is 0 Å². The molecule has 0 saturated heterocycles. The minimum absolute atomic E-state index is 0.274. The van der Waals surface area contributed by atoms with Gasteiger partial charge < -0.3 is 5.32 Å². The van der Waals surface area contributed by atoms with Crippen LogP contribution < -0.4 is 5.32 Å². The van der Waals surface area contributed by atoms with Crippen molar-refractivity contribution in [2.24, 2.45) is 0 Å². The Balaban J connectivity index is 3.91. The van der Waals surface area contributed by atoms with Gasteiger partial charge in [-0.2, -0.15) is 0 Å². The van der Waals surface area contributed by atoms with Crippen molar-refractivity contribution in [2.75, 3.05) is 18.1 Å². The van der Waals surface area contributed by atoms with Crippen LogP contribution in [0.1, 0.15) is 72.1 Å². The maximum absolute atomic E-state index is 11.5. The molecule has 1 unspecified atom stereocenters. The summed E-state index contributed by atoms with van der Waals surface area (Å²) in [6.07, 6.45) is 9.25. The van der Waals surface area contributed by atoms with Gasteiger partial charge in [-0.3, -0.25) is 0 Å². The van der Waals surface area contributed by atoms with Crippen molar-refractivity contribution in [1.82, 2.24) is 5.32 Å². The average Bonchev–Trinajstić information content (AvgIpc) is 2.40. The van der Waals surface area contributed by atoms with E-state index in [1.165, 1.54) is 32.1 Å². The third kappa shape index (κ3) is 11.4. The van der Waals surface area contributed by atoms with E-state index in [1.54, 1.807) is 6.92 Å². The quantitative estimate of drug-likeness (QED) is 0.528. The molecular formula is C15H33NO2S. The SMILES string of the molecule is CCCCCCC(CCCS(=O)(=O)CC)NCCC. The Morgan fingerprint density at radius 1 is 0.895 bits per heavy atom. The van der Waals surface area contributed by atoms with Crippen molar-refractivity contribution in [3.63, 3.8) is 0 Å². The first-order valence-corrected chi connectivity index (χ1v) is 9.81. The lowest BCUT2D eigenvalue weighted by Crippen LogP contribution is -2.30. The number of sulfone groups is 1. The van der Waals surface area contributed by atoms with Crippen LogP contribution in [0.2, 0.25) is 0 Å². The molecule has 1 atom stereocenters. The predicted octanol–water partition coefficient (Wildman–Crippen LogP) is 3.54. The molecule has 0 amide bonds. The Hall–Kier alpha value is -0.0900. The Bertz CT molecular complexity index is 289. The second-order valence-corrected chi connectivity index (χ2v) is 7.85. The highest BCUT2D eigenvalue weighted by atomic mass is 32.2. The van der Waals surface area contributed by atoms with E-state index in [0.717, 1.165) is 25.8 Å². The summed E-state index contributed by atoms with van der Waals surface area (Å²) in [4.78, 5) is 0. The Labute approximate surface area is 120 Å². The van der Waals surface area contributed by atoms with Crippen molar-refractivity contribution in [2.45, 2.75) is 78.2 Å². The highest BCUT2D eigenvalue weighted by Gasteiger charge is 2.11. The second-order valence-electron chi connectivity index (χ2n) is 5.38. The van der Waals surface area contributed by atoms with Gasteiger partial charge in [0, 0.05) is 11.8 Å². The minimum Gasteiger partial charge on any atom is -0.314 e. The maximum atomic E-state index is 11.5. The molecule has 3 nitrogen and oxygen atoms in total. The fourth-order valence-corrected chi connectivity index (χ4v) is 3.10. The third-order valence-corrected chi connectivity index (χ3v) is 5.33. The molecule has 0 aromatic carbocycles. The molecule has 0 aliphatic carbocycles. The first-order valence-electron chi connectivity index (χ1n) is 7.99. The Morgan fingerprint density at radius 3 is 2.16 bits per heavy atom. The summed E-state index contributed by atoms with van der Waals surface area (Å²) >= 11 is 0. The van der Waals surface area contributed by atoms with Gasteiger partial charge in [0.25, 0.3) is 0 Å². The molecule has 0 bridgehead atoms. The van der Waals surface area contributed by atoms with Crippen LogP contribution in [0.15, 0.2) is 0 Å². The van der Waals surface area contributed by atoms with Crippen molar-refractivity contribution < 1.29 is 8.42 Å². The first-order chi connectivity index (χ1) is 9.05. The highest BCUT2D eigenvalue weighted by molar-refractivity contribution is 7.91. The molecule has 4 heteroatoms. The van der Waals surface area contributed by atoms with Gasteiger partial charge >= 0.3 is 0 Å². The van der Waals surface area contributed by atoms with Gasteiger partial charge in [-0.05, 0) is 32.2 Å². The zero-order chi connectivity index (χ0) is 14.6. The molecule has 0 heterocycles. The molecule has 0 aliphatic heterocycles. The van der Waals surface area contributed by atoms with Crippen LogP contribution >= 0.6 is 0 Å². The summed E-state index contributed by atoms with van der Waals surface area (Å²) in [6.45, 7) is 7.16. The fraction of sp³-hybridized carbons (Fsp3) is 1.00. The Kier molecular flexibility index (Phi) is 11.7. The topological polar surface area (TPSA) is 46.2 Å². The van der Waals surface area contributed by atoms with Crippen molar-refractivity contribution in [1.29, 1.82) is 0 Å². The molecule has 0 fully saturated rings. The van der Waals surface area contributed by atoms with E-state index >= 15 is 0 Å². The van der Waals surface area contributed by atoms with Gasteiger partial charge in [-0.1, -0.05) is 46.5 Å². The molecule has 0 aromatic heterocycles. The van der Waals surface area contributed by atoms with Gasteiger partial charge in [0.15, 0.2) is 0 Å². The summed E-state index contributed by atoms with van der Waals surface area (Å²) in [7, 11) is -2.79. The lowest BCUT2D eigenvalue weighted by atomic mass is 10.0. The van der Waals surface area contributed by atoms with Crippen LogP contribution in [0.3, 0.4) is 0 Å². The molecule has 0 spiro atoms. The van der Waals surface area contributed by atoms with Crippen molar-refractivity contribution in [3.8, 4) is 0 Å². The first kappa shape index (κ1) is 18.9. The van der Waals surface area contributed by atoms with Crippen LogP contribution in [0.5, 0.6) is 0 Å². The van der Waals surface area contributed by atoms with Crippen LogP contribution in [0, 0.1) is 0 Å². The van der Waals surface area contributed by atoms with Gasteiger partial charge in [-0.25, -0.2) is 8.42 Å². The van der Waals surface area contributed by atoms with Crippen LogP contribution in [-0.2, 0) is 9.84 Å². The summed E-state index contributed by atoms with van der Waals surface area (Å²) < 4.78 is 22.9. The van der Waals surface area contributed by atoms with Gasteiger partial charge in [0.1, 0.15) is 9.84 Å². The molecule has 0 radical (unpaired) electrons. The normalized spacial score (nSPS) is 13.6. The molecule has 19 heavy (non-hydrogen) atoms. The molecule has 116 valence electrons. The second kappa shape index (κ2) is 11.7. The van der Waals surface area contributed by atoms with Crippen LogP contribution in [-0.4, -0.2) is 32.5 Å². The van der Waals surface area contributed by atoms with E-state index in [0.29, 0.717) is 11.8 Å². The van der Waals surface area contributed by atoms with Crippen molar-refractivity contribution in [3.05, 3.63) is 0 Å². The summed E-state index contributed by atoms with van der Waals surface area (Å²) in [5.41, 5.74) is 0. The maximum Gasteiger partial charge on any atom is 0.150 e. The van der Waals surface area contributed by atoms with E-state index in [2.05, 4.69) is 19.2 Å². The fourth-order valence-electron chi connectivity index (χ4n) is 2.21. The van der Waals surface area contributed by atoms with E-state index in [-0.39, 0.29) is 5.75 Å². The number of unbranched alkanes of at least 4 members (excludes halogenated alkanes) is 3. The predicted molar refractivity (Wildman–Crippen MR) is 84.4 cm³/mol. The van der Waals surface area contributed by atoms with E-state index < -0.39 is 9.84 Å². The molecule has 0 aromatic rings. The average molecular weight is 292 g/mol. The molecule has 0 aliphatic rings. The number of hydrogen-bond acceptors (Lipinski definition) is 3. The summed E-state index contributed by atoms with van der Waals surface area (Å²) in [5, 5.41) is 3.56. The lowest BCUT2D eigenvalue weighted by molar-refractivity contribution is 0.428. The molecule has 0 rings (SSSR count). The minimum atomic E-state index is -2.79. The standard InChI is InChI=1S/C15H33NO2S/c1-4-7-8-9-11-15(16-13-5-2)12-10-14-19(17,18)6-3/h15-16H,4-14H2,1-3H3. The molecule has 1 N–H and O–H groups in total. The largest absolute Gasteiger partial charge is 0.314 e. The van der Waals surface area contributed by atoms with Crippen LogP contribution in [0.4, 0.5) is 0 Å². The Morgan fingerprint density at radius 2 is 1.58 bits per heavy atom. The van der Waals surface area contributed by atoms with Gasteiger partial charge in [0.2, 0.25) is 0 Å². The number of rotatable bonds is 13. The zero-order valence-corrected chi connectivity index (χ0v) is 13.9. The number of hydrogen-bond donors (Lipinski definition) is 1. The molecular weight excluding hydrogens is 258 g/mol. The number of nitrogens with one attached hydrogen (secondary N) is 1. The molecule has 0 saturated carbocycles. The lowest BCUT2D eigenvalue weighted by Gasteiger charge is -2.18. The highest BCUT2D eigenvalue weighted by Crippen LogP contribution is 2.11. The summed E-state index contributed by atoms with van der Waals surface area (Å²) in [6, 6.07) is 0.504. The van der Waals surface area contributed by atoms with Gasteiger partial charge in [0.05, 0.1) is 5.75 Å². The van der Waals surface area contributed by atoms with E-state index in [1.807, 2.05) is 0 Å². The third-order valence-electron chi connectivity index (χ3n) is 3.54. The van der Waals surface area contributed by atoms with E-state index in [9.17, 15) is 8.42 Å². The smallest absolute Gasteiger partial charge is 0.150 e. The monoisotopic (exact) mass is 291 g/mol. The van der Waals surface area contributed by atoms with Gasteiger partial charge in [-0.15, -0.1) is 0 Å².